The van der Waals surface area contributed by atoms with E-state index >= 15 is 0 Å². The van der Waals surface area contributed by atoms with E-state index in [0.717, 1.165) is 24.0 Å². The summed E-state index contributed by atoms with van der Waals surface area (Å²) in [4.78, 5) is 16.6. The van der Waals surface area contributed by atoms with Crippen LogP contribution >= 0.6 is 0 Å². The molecule has 0 aliphatic carbocycles. The minimum Gasteiger partial charge on any atom is -0.491 e. The molecule has 1 aromatic heterocycles. The van der Waals surface area contributed by atoms with Crippen LogP contribution < -0.4 is 14.8 Å². The van der Waals surface area contributed by atoms with E-state index in [0.29, 0.717) is 23.9 Å². The van der Waals surface area contributed by atoms with Gasteiger partial charge in [-0.1, -0.05) is 31.5 Å². The molecule has 146 valence electrons. The number of aryl methyl sites for hydroxylation is 1. The minimum absolute atomic E-state index is 0.0110. The molecule has 0 bridgehead atoms. The highest BCUT2D eigenvalue weighted by Crippen LogP contribution is 2.29. The van der Waals surface area contributed by atoms with Gasteiger partial charge in [0, 0.05) is 0 Å². The number of benzene rings is 1. The summed E-state index contributed by atoms with van der Waals surface area (Å²) in [6, 6.07) is 6.82. The third-order valence-electron chi connectivity index (χ3n) is 4.12. The number of pyridine rings is 1. The van der Waals surface area contributed by atoms with Gasteiger partial charge in [0.05, 0.1) is 17.2 Å². The molecule has 0 fully saturated rings. The molecule has 1 aromatic carbocycles. The van der Waals surface area contributed by atoms with Gasteiger partial charge in [0.2, 0.25) is 0 Å². The lowest BCUT2D eigenvalue weighted by Gasteiger charge is -2.17. The summed E-state index contributed by atoms with van der Waals surface area (Å²) in [7, 11) is -3.95. The summed E-state index contributed by atoms with van der Waals surface area (Å²) in [6.07, 6.45) is 1.97. The number of unbranched alkanes of at least 4 members (excludes halogenated alkanes) is 1. The molecule has 0 aliphatic rings. The lowest BCUT2D eigenvalue weighted by molar-refractivity contribution is 0.256. The molecule has 2 N–H and O–H groups in total. The first-order valence-corrected chi connectivity index (χ1v) is 10.2. The van der Waals surface area contributed by atoms with Crippen LogP contribution in [0.3, 0.4) is 0 Å². The number of aromatic nitrogens is 1. The zero-order valence-corrected chi connectivity index (χ0v) is 16.8. The number of urea groups is 1. The number of sulfonamides is 1. The van der Waals surface area contributed by atoms with E-state index in [1.165, 1.54) is 12.1 Å². The number of anilines is 1. The lowest BCUT2D eigenvalue weighted by atomic mass is 10.1. The van der Waals surface area contributed by atoms with Gasteiger partial charge in [-0.3, -0.25) is 5.32 Å². The fourth-order valence-electron chi connectivity index (χ4n) is 2.49. The third kappa shape index (κ3) is 5.19. The molecule has 0 spiro atoms. The second-order valence-electron chi connectivity index (χ2n) is 6.20. The number of rotatable bonds is 7. The van der Waals surface area contributed by atoms with E-state index in [1.54, 1.807) is 32.0 Å². The monoisotopic (exact) mass is 391 g/mol. The molecule has 7 nitrogen and oxygen atoms in total. The van der Waals surface area contributed by atoms with Gasteiger partial charge >= 0.3 is 6.03 Å². The SMILES string of the molecule is CCCCOc1c(C)nc(NC(=O)NS(=O)(=O)c2ccccc2)c(C)c1C. The van der Waals surface area contributed by atoms with Gasteiger partial charge in [-0.05, 0) is 50.5 Å². The number of ether oxygens (including phenoxy) is 1. The van der Waals surface area contributed by atoms with Crippen LogP contribution in [-0.4, -0.2) is 26.0 Å². The second kappa shape index (κ2) is 8.85. The van der Waals surface area contributed by atoms with Crippen LogP contribution in [0.15, 0.2) is 35.2 Å². The Hall–Kier alpha value is -2.61. The molecule has 0 saturated heterocycles. The Labute approximate surface area is 160 Å². The van der Waals surface area contributed by atoms with Crippen molar-refractivity contribution in [3.63, 3.8) is 0 Å². The van der Waals surface area contributed by atoms with Crippen molar-refractivity contribution in [2.75, 3.05) is 11.9 Å². The highest BCUT2D eigenvalue weighted by molar-refractivity contribution is 7.90. The quantitative estimate of drug-likeness (QED) is 0.702. The molecule has 2 amide bonds. The Morgan fingerprint density at radius 3 is 2.41 bits per heavy atom. The molecule has 8 heteroatoms. The molecular formula is C19H25N3O4S. The van der Waals surface area contributed by atoms with E-state index in [-0.39, 0.29) is 4.90 Å². The van der Waals surface area contributed by atoms with Crippen LogP contribution in [0.5, 0.6) is 5.75 Å². The molecule has 2 aromatic rings. The van der Waals surface area contributed by atoms with Gasteiger partial charge in [-0.25, -0.2) is 22.9 Å². The topological polar surface area (TPSA) is 97.4 Å². The molecule has 0 radical (unpaired) electrons. The van der Waals surface area contributed by atoms with E-state index < -0.39 is 16.1 Å². The summed E-state index contributed by atoms with van der Waals surface area (Å²) < 4.78 is 32.3. The van der Waals surface area contributed by atoms with E-state index in [9.17, 15) is 13.2 Å². The van der Waals surface area contributed by atoms with Crippen molar-refractivity contribution >= 4 is 21.9 Å². The van der Waals surface area contributed by atoms with Crippen molar-refractivity contribution < 1.29 is 17.9 Å². The van der Waals surface area contributed by atoms with Crippen LogP contribution in [-0.2, 0) is 10.0 Å². The van der Waals surface area contributed by atoms with Gasteiger partial charge in [0.25, 0.3) is 10.0 Å². The van der Waals surface area contributed by atoms with E-state index in [4.69, 9.17) is 4.74 Å². The van der Waals surface area contributed by atoms with Crippen molar-refractivity contribution in [3.05, 3.63) is 47.2 Å². The van der Waals surface area contributed by atoms with Crippen LogP contribution in [0, 0.1) is 20.8 Å². The average Bonchev–Trinajstić information content (AvgIpc) is 2.62. The zero-order chi connectivity index (χ0) is 20.0. The average molecular weight is 391 g/mol. The Bertz CT molecular complexity index is 912. The molecule has 2 rings (SSSR count). The van der Waals surface area contributed by atoms with Gasteiger partial charge in [-0.2, -0.15) is 0 Å². The molecular weight excluding hydrogens is 366 g/mol. The molecule has 1 heterocycles. The summed E-state index contributed by atoms with van der Waals surface area (Å²) in [6.45, 7) is 8.16. The maximum absolute atomic E-state index is 12.2. The van der Waals surface area contributed by atoms with Crippen molar-refractivity contribution in [3.8, 4) is 5.75 Å². The first-order chi connectivity index (χ1) is 12.8. The Morgan fingerprint density at radius 2 is 1.78 bits per heavy atom. The van der Waals surface area contributed by atoms with Crippen LogP contribution in [0.25, 0.3) is 0 Å². The lowest BCUT2D eigenvalue weighted by Crippen LogP contribution is -2.34. The highest BCUT2D eigenvalue weighted by Gasteiger charge is 2.19. The van der Waals surface area contributed by atoms with Gasteiger partial charge < -0.3 is 4.74 Å². The number of hydrogen-bond acceptors (Lipinski definition) is 5. The normalized spacial score (nSPS) is 11.1. The van der Waals surface area contributed by atoms with Crippen molar-refractivity contribution in [2.45, 2.75) is 45.4 Å². The molecule has 0 unspecified atom stereocenters. The number of hydrogen-bond donors (Lipinski definition) is 2. The molecule has 27 heavy (non-hydrogen) atoms. The van der Waals surface area contributed by atoms with Gasteiger partial charge in [0.1, 0.15) is 11.6 Å². The summed E-state index contributed by atoms with van der Waals surface area (Å²) >= 11 is 0. The highest BCUT2D eigenvalue weighted by atomic mass is 32.2. The maximum atomic E-state index is 12.2. The van der Waals surface area contributed by atoms with Gasteiger partial charge in [0.15, 0.2) is 0 Å². The van der Waals surface area contributed by atoms with Gasteiger partial charge in [-0.15, -0.1) is 0 Å². The van der Waals surface area contributed by atoms with Crippen molar-refractivity contribution in [2.24, 2.45) is 0 Å². The van der Waals surface area contributed by atoms with E-state index in [1.807, 2.05) is 11.6 Å². The summed E-state index contributed by atoms with van der Waals surface area (Å²) in [5.41, 5.74) is 2.22. The number of amides is 2. The molecule has 0 atom stereocenters. The Balaban J connectivity index is 2.16. The van der Waals surface area contributed by atoms with Crippen molar-refractivity contribution in [1.29, 1.82) is 0 Å². The predicted molar refractivity (Wildman–Crippen MR) is 105 cm³/mol. The Morgan fingerprint density at radius 1 is 1.11 bits per heavy atom. The fourth-order valence-corrected chi connectivity index (χ4v) is 3.42. The zero-order valence-electron chi connectivity index (χ0n) is 16.0. The Kier molecular flexibility index (Phi) is 6.79. The van der Waals surface area contributed by atoms with Crippen LogP contribution in [0.4, 0.5) is 10.6 Å². The summed E-state index contributed by atoms with van der Waals surface area (Å²) in [5.74, 6) is 0.998. The molecule has 0 aliphatic heterocycles. The van der Waals surface area contributed by atoms with Crippen LogP contribution in [0.2, 0.25) is 0 Å². The smallest absolute Gasteiger partial charge is 0.334 e. The third-order valence-corrected chi connectivity index (χ3v) is 5.47. The first kappa shape index (κ1) is 20.7. The standard InChI is InChI=1S/C19H25N3O4S/c1-5-6-12-26-17-13(2)14(3)18(20-15(17)4)21-19(23)22-27(24,25)16-10-8-7-9-11-16/h7-11H,5-6,12H2,1-4H3,(H2,20,21,22,23). The first-order valence-electron chi connectivity index (χ1n) is 8.75. The number of nitrogens with zero attached hydrogens (tertiary/aromatic N) is 1. The van der Waals surface area contributed by atoms with Crippen molar-refractivity contribution in [1.82, 2.24) is 9.71 Å². The van der Waals surface area contributed by atoms with E-state index in [2.05, 4.69) is 17.2 Å². The number of carbonyl (C=O) groups is 1. The molecule has 0 saturated carbocycles. The predicted octanol–water partition coefficient (Wildman–Crippen LogP) is 3.70. The minimum atomic E-state index is -3.95. The summed E-state index contributed by atoms with van der Waals surface area (Å²) in [5, 5.41) is 2.52. The fraction of sp³-hybridized carbons (Fsp3) is 0.368. The second-order valence-corrected chi connectivity index (χ2v) is 7.88. The number of carbonyl (C=O) groups excluding carboxylic acids is 1. The maximum Gasteiger partial charge on any atom is 0.334 e. The largest absolute Gasteiger partial charge is 0.491 e. The number of nitrogens with one attached hydrogen (secondary N) is 2. The van der Waals surface area contributed by atoms with Crippen LogP contribution in [0.1, 0.15) is 36.6 Å².